The average molecular weight is 287 g/mol. The summed E-state index contributed by atoms with van der Waals surface area (Å²) in [7, 11) is 0. The molecule has 1 aliphatic heterocycles. The molecule has 104 valence electrons. The third-order valence-electron chi connectivity index (χ3n) is 3.27. The van der Waals surface area contributed by atoms with Gasteiger partial charge in [0.15, 0.2) is 0 Å². The molecule has 0 saturated carbocycles. The van der Waals surface area contributed by atoms with E-state index >= 15 is 0 Å². The lowest BCUT2D eigenvalue weighted by Gasteiger charge is -2.45. The number of aliphatic hydroxyl groups is 1. The first kappa shape index (κ1) is 14.2. The highest BCUT2D eigenvalue weighted by Gasteiger charge is 2.39. The third kappa shape index (κ3) is 3.43. The monoisotopic (exact) mass is 286 g/mol. The van der Waals surface area contributed by atoms with Crippen molar-refractivity contribution in [3.8, 4) is 0 Å². The van der Waals surface area contributed by atoms with Gasteiger partial charge in [0, 0.05) is 18.1 Å². The van der Waals surface area contributed by atoms with E-state index in [-0.39, 0.29) is 23.2 Å². The van der Waals surface area contributed by atoms with Crippen LogP contribution in [0.25, 0.3) is 0 Å². The zero-order chi connectivity index (χ0) is 14.0. The molecule has 1 saturated heterocycles. The quantitative estimate of drug-likeness (QED) is 0.888. The van der Waals surface area contributed by atoms with Crippen molar-refractivity contribution in [2.24, 2.45) is 0 Å². The predicted molar refractivity (Wildman–Crippen MR) is 71.7 cm³/mol. The summed E-state index contributed by atoms with van der Waals surface area (Å²) in [6, 6.07) is 4.09. The van der Waals surface area contributed by atoms with E-state index in [1.54, 1.807) is 0 Å². The summed E-state index contributed by atoms with van der Waals surface area (Å²) < 4.78 is 13.5. The molecule has 1 fully saturated rings. The van der Waals surface area contributed by atoms with Crippen molar-refractivity contribution in [2.75, 3.05) is 25.0 Å². The second-order valence-electron chi connectivity index (χ2n) is 4.90. The molecule has 19 heavy (non-hydrogen) atoms. The summed E-state index contributed by atoms with van der Waals surface area (Å²) in [6.07, 6.45) is 0.664. The first-order chi connectivity index (χ1) is 8.92. The van der Waals surface area contributed by atoms with Gasteiger partial charge in [-0.2, -0.15) is 0 Å². The highest BCUT2D eigenvalue weighted by atomic mass is 35.5. The second kappa shape index (κ2) is 5.45. The molecule has 1 aromatic rings. The van der Waals surface area contributed by atoms with Gasteiger partial charge in [0.2, 0.25) is 5.91 Å². The molecule has 6 heteroatoms. The summed E-state index contributed by atoms with van der Waals surface area (Å²) in [4.78, 5) is 13.5. The Labute approximate surface area is 116 Å². The van der Waals surface area contributed by atoms with E-state index in [0.717, 1.165) is 6.07 Å². The molecular weight excluding hydrogens is 271 g/mol. The number of nitrogens with zero attached hydrogens (tertiary/aromatic N) is 1. The smallest absolute Gasteiger partial charge is 0.238 e. The highest BCUT2D eigenvalue weighted by molar-refractivity contribution is 6.30. The first-order valence-electron chi connectivity index (χ1n) is 6.11. The fourth-order valence-corrected chi connectivity index (χ4v) is 2.26. The van der Waals surface area contributed by atoms with Crippen LogP contribution in [0, 0.1) is 5.82 Å². The Morgan fingerprint density at radius 2 is 2.26 bits per heavy atom. The summed E-state index contributed by atoms with van der Waals surface area (Å²) in [5.74, 6) is -0.867. The number of β-amino-alcohol motifs (C(OH)–C–C–N with tert-alkyl or cyclic N) is 1. The lowest BCUT2D eigenvalue weighted by molar-refractivity contribution is -0.128. The molecule has 0 bridgehead atoms. The molecule has 1 aliphatic rings. The van der Waals surface area contributed by atoms with Crippen molar-refractivity contribution in [3.05, 3.63) is 29.0 Å². The maximum Gasteiger partial charge on any atom is 0.238 e. The Morgan fingerprint density at radius 1 is 1.58 bits per heavy atom. The zero-order valence-electron chi connectivity index (χ0n) is 10.6. The minimum atomic E-state index is -0.675. The Hall–Kier alpha value is -1.17. The van der Waals surface area contributed by atoms with Crippen LogP contribution in [-0.2, 0) is 4.79 Å². The number of halogens is 2. The van der Waals surface area contributed by atoms with Gasteiger partial charge in [-0.25, -0.2) is 4.39 Å². The van der Waals surface area contributed by atoms with Crippen LogP contribution in [0.2, 0.25) is 5.02 Å². The third-order valence-corrected chi connectivity index (χ3v) is 3.50. The zero-order valence-corrected chi connectivity index (χ0v) is 11.4. The van der Waals surface area contributed by atoms with Crippen molar-refractivity contribution in [2.45, 2.75) is 18.9 Å². The van der Waals surface area contributed by atoms with Gasteiger partial charge in [0.25, 0.3) is 0 Å². The Bertz CT molecular complexity index is 490. The molecular formula is C13H16ClFN2O2. The number of hydrogen-bond acceptors (Lipinski definition) is 3. The number of carbonyl (C=O) groups excluding carboxylic acids is 1. The van der Waals surface area contributed by atoms with Gasteiger partial charge < -0.3 is 10.4 Å². The number of nitrogens with one attached hydrogen (secondary N) is 1. The van der Waals surface area contributed by atoms with Crippen LogP contribution < -0.4 is 5.32 Å². The summed E-state index contributed by atoms with van der Waals surface area (Å²) >= 11 is 5.63. The minimum absolute atomic E-state index is 0.112. The fourth-order valence-electron chi connectivity index (χ4n) is 2.11. The summed E-state index contributed by atoms with van der Waals surface area (Å²) in [5.41, 5.74) is -0.563. The minimum Gasteiger partial charge on any atom is -0.387 e. The molecule has 0 radical (unpaired) electrons. The van der Waals surface area contributed by atoms with Crippen molar-refractivity contribution in [1.29, 1.82) is 0 Å². The van der Waals surface area contributed by atoms with Gasteiger partial charge in [0.1, 0.15) is 5.82 Å². The van der Waals surface area contributed by atoms with Gasteiger partial charge in [-0.15, -0.1) is 0 Å². The number of hydrogen-bond donors (Lipinski definition) is 2. The predicted octanol–water partition coefficient (Wildman–Crippen LogP) is 1.87. The van der Waals surface area contributed by atoms with Crippen molar-refractivity contribution < 1.29 is 14.3 Å². The number of carbonyl (C=O) groups is 1. The molecule has 4 nitrogen and oxygen atoms in total. The number of rotatable bonds is 4. The van der Waals surface area contributed by atoms with Crippen LogP contribution in [0.3, 0.4) is 0 Å². The number of anilines is 1. The summed E-state index contributed by atoms with van der Waals surface area (Å²) in [5, 5.41) is 12.6. The normalized spacial score (nSPS) is 17.9. The van der Waals surface area contributed by atoms with E-state index in [4.69, 9.17) is 11.6 Å². The molecule has 0 aromatic heterocycles. The van der Waals surface area contributed by atoms with Gasteiger partial charge in [-0.05, 0) is 24.6 Å². The van der Waals surface area contributed by atoms with E-state index in [9.17, 15) is 14.3 Å². The topological polar surface area (TPSA) is 52.6 Å². The largest absolute Gasteiger partial charge is 0.387 e. The van der Waals surface area contributed by atoms with Crippen molar-refractivity contribution in [3.63, 3.8) is 0 Å². The highest BCUT2D eigenvalue weighted by Crippen LogP contribution is 2.24. The van der Waals surface area contributed by atoms with Crippen LogP contribution in [0.1, 0.15) is 13.3 Å². The van der Waals surface area contributed by atoms with Crippen LogP contribution in [0.4, 0.5) is 10.1 Å². The van der Waals surface area contributed by atoms with Gasteiger partial charge in [-0.3, -0.25) is 9.69 Å². The molecule has 1 amide bonds. The van der Waals surface area contributed by atoms with Crippen LogP contribution in [0.5, 0.6) is 0 Å². The van der Waals surface area contributed by atoms with E-state index in [1.165, 1.54) is 12.1 Å². The van der Waals surface area contributed by atoms with E-state index in [0.29, 0.717) is 19.5 Å². The maximum atomic E-state index is 13.5. The van der Waals surface area contributed by atoms with Crippen molar-refractivity contribution >= 4 is 23.2 Å². The van der Waals surface area contributed by atoms with Crippen LogP contribution in [0.15, 0.2) is 18.2 Å². The Kier molecular flexibility index (Phi) is 4.08. The van der Waals surface area contributed by atoms with Gasteiger partial charge >= 0.3 is 0 Å². The standard InChI is InChI=1S/C13H16ClFN2O2/c1-2-13(19)7-17(8-13)6-12(18)16-11-4-3-9(14)5-10(11)15/h3-5,19H,2,6-8H2,1H3,(H,16,18). The van der Waals surface area contributed by atoms with Gasteiger partial charge in [-0.1, -0.05) is 18.5 Å². The van der Waals surface area contributed by atoms with E-state index < -0.39 is 11.4 Å². The number of likely N-dealkylation sites (tertiary alicyclic amines) is 1. The first-order valence-corrected chi connectivity index (χ1v) is 6.49. The number of amides is 1. The SMILES string of the molecule is CCC1(O)CN(CC(=O)Nc2ccc(Cl)cc2F)C1. The molecule has 2 N–H and O–H groups in total. The maximum absolute atomic E-state index is 13.5. The van der Waals surface area contributed by atoms with E-state index in [2.05, 4.69) is 5.32 Å². The molecule has 1 aromatic carbocycles. The fraction of sp³-hybridized carbons (Fsp3) is 0.462. The lowest BCUT2D eigenvalue weighted by Crippen LogP contribution is -2.62. The van der Waals surface area contributed by atoms with Crippen LogP contribution >= 0.6 is 11.6 Å². The second-order valence-corrected chi connectivity index (χ2v) is 5.33. The van der Waals surface area contributed by atoms with Crippen LogP contribution in [-0.4, -0.2) is 41.1 Å². The van der Waals surface area contributed by atoms with Gasteiger partial charge in [0.05, 0.1) is 17.8 Å². The molecule has 0 spiro atoms. The Balaban J connectivity index is 1.85. The summed E-state index contributed by atoms with van der Waals surface area (Å²) in [6.45, 7) is 2.99. The molecule has 0 atom stereocenters. The molecule has 2 rings (SSSR count). The average Bonchev–Trinajstić information content (AvgIpc) is 2.30. The molecule has 0 aliphatic carbocycles. The lowest BCUT2D eigenvalue weighted by atomic mass is 9.91. The number of benzene rings is 1. The Morgan fingerprint density at radius 3 is 2.84 bits per heavy atom. The van der Waals surface area contributed by atoms with Crippen molar-refractivity contribution in [1.82, 2.24) is 4.90 Å². The molecule has 0 unspecified atom stereocenters. The van der Waals surface area contributed by atoms with E-state index in [1.807, 2.05) is 11.8 Å². The molecule has 1 heterocycles.